The Labute approximate surface area is 83.4 Å². The second-order valence-corrected chi connectivity index (χ2v) is 4.62. The van der Waals surface area contributed by atoms with Gasteiger partial charge in [-0.15, -0.1) is 0 Å². The van der Waals surface area contributed by atoms with Crippen molar-refractivity contribution in [2.45, 2.75) is 53.4 Å². The van der Waals surface area contributed by atoms with Gasteiger partial charge < -0.3 is 0 Å². The third-order valence-electron chi connectivity index (χ3n) is 3.54. The van der Waals surface area contributed by atoms with Gasteiger partial charge in [0.1, 0.15) is 0 Å². The Balaban J connectivity index is 2.45. The minimum atomic E-state index is 0.788. The van der Waals surface area contributed by atoms with E-state index in [-0.39, 0.29) is 0 Å². The Morgan fingerprint density at radius 2 is 1.85 bits per heavy atom. The van der Waals surface area contributed by atoms with E-state index in [4.69, 9.17) is 0 Å². The average molecular weight is 180 g/mol. The van der Waals surface area contributed by atoms with Crippen molar-refractivity contribution in [2.75, 3.05) is 0 Å². The monoisotopic (exact) mass is 180 g/mol. The molecule has 0 aromatic heterocycles. The zero-order valence-electron chi connectivity index (χ0n) is 9.64. The van der Waals surface area contributed by atoms with Gasteiger partial charge in [-0.05, 0) is 37.5 Å². The molecule has 0 nitrogen and oxygen atoms in total. The lowest BCUT2D eigenvalue weighted by molar-refractivity contribution is 0.393. The fourth-order valence-corrected chi connectivity index (χ4v) is 2.26. The Morgan fingerprint density at radius 1 is 1.31 bits per heavy atom. The van der Waals surface area contributed by atoms with E-state index >= 15 is 0 Å². The fraction of sp³-hybridized carbons (Fsp3) is 0.846. The highest BCUT2D eigenvalue weighted by molar-refractivity contribution is 5.11. The summed E-state index contributed by atoms with van der Waals surface area (Å²) in [6.45, 7) is 9.32. The van der Waals surface area contributed by atoms with Crippen LogP contribution in [-0.2, 0) is 0 Å². The van der Waals surface area contributed by atoms with Crippen LogP contribution in [0, 0.1) is 17.8 Å². The number of rotatable bonds is 5. The summed E-state index contributed by atoms with van der Waals surface area (Å²) in [5, 5.41) is 0. The van der Waals surface area contributed by atoms with Crippen LogP contribution in [0.1, 0.15) is 53.4 Å². The van der Waals surface area contributed by atoms with Gasteiger partial charge in [0.05, 0.1) is 0 Å². The van der Waals surface area contributed by atoms with Crippen LogP contribution in [0.3, 0.4) is 0 Å². The van der Waals surface area contributed by atoms with Gasteiger partial charge in [0, 0.05) is 0 Å². The Kier molecular flexibility index (Phi) is 4.02. The summed E-state index contributed by atoms with van der Waals surface area (Å²) in [6.07, 6.45) is 8.06. The van der Waals surface area contributed by atoms with E-state index in [9.17, 15) is 0 Å². The summed E-state index contributed by atoms with van der Waals surface area (Å²) < 4.78 is 0. The van der Waals surface area contributed by atoms with Crippen LogP contribution in [0.2, 0.25) is 0 Å². The van der Waals surface area contributed by atoms with Gasteiger partial charge in [0.25, 0.3) is 0 Å². The van der Waals surface area contributed by atoms with E-state index < -0.39 is 0 Å². The smallest absolute Gasteiger partial charge is 0.0205 e. The van der Waals surface area contributed by atoms with Gasteiger partial charge >= 0.3 is 0 Å². The van der Waals surface area contributed by atoms with E-state index in [1.165, 1.54) is 25.7 Å². The highest BCUT2D eigenvalue weighted by Crippen LogP contribution is 2.37. The van der Waals surface area contributed by atoms with E-state index in [2.05, 4.69) is 33.8 Å². The molecule has 0 heterocycles. The molecule has 0 bridgehead atoms. The maximum absolute atomic E-state index is 2.52. The lowest BCUT2D eigenvalue weighted by atomic mass is 9.87. The van der Waals surface area contributed by atoms with Crippen molar-refractivity contribution >= 4 is 0 Å². The largest absolute Gasteiger partial charge is 0.0822 e. The van der Waals surface area contributed by atoms with Gasteiger partial charge in [-0.2, -0.15) is 0 Å². The van der Waals surface area contributed by atoms with Crippen molar-refractivity contribution in [3.05, 3.63) is 11.6 Å². The molecule has 0 saturated heterocycles. The maximum atomic E-state index is 2.52. The Hall–Kier alpha value is -0.260. The predicted octanol–water partition coefficient (Wildman–Crippen LogP) is 4.42. The van der Waals surface area contributed by atoms with Crippen LogP contribution < -0.4 is 0 Å². The lowest BCUT2D eigenvalue weighted by Gasteiger charge is -2.18. The minimum absolute atomic E-state index is 0.788. The molecule has 13 heavy (non-hydrogen) atoms. The van der Waals surface area contributed by atoms with E-state index in [1.54, 1.807) is 5.57 Å². The van der Waals surface area contributed by atoms with E-state index in [1.807, 2.05) is 0 Å². The van der Waals surface area contributed by atoms with Crippen molar-refractivity contribution < 1.29 is 0 Å². The van der Waals surface area contributed by atoms with Gasteiger partial charge in [-0.1, -0.05) is 45.3 Å². The molecule has 0 N–H and O–H groups in total. The van der Waals surface area contributed by atoms with E-state index in [0.717, 1.165) is 17.8 Å². The summed E-state index contributed by atoms with van der Waals surface area (Å²) in [7, 11) is 0. The first kappa shape index (κ1) is 10.8. The molecule has 0 heteroatoms. The highest BCUT2D eigenvalue weighted by atomic mass is 14.3. The topological polar surface area (TPSA) is 0 Å². The molecule has 0 aromatic rings. The molecule has 0 amide bonds. The van der Waals surface area contributed by atoms with Crippen molar-refractivity contribution in [2.24, 2.45) is 17.8 Å². The first-order valence-electron chi connectivity index (χ1n) is 5.87. The van der Waals surface area contributed by atoms with E-state index in [0.29, 0.717) is 0 Å². The molecular weight excluding hydrogens is 156 g/mol. The van der Waals surface area contributed by atoms with Gasteiger partial charge in [-0.3, -0.25) is 0 Å². The van der Waals surface area contributed by atoms with Crippen LogP contribution in [0.5, 0.6) is 0 Å². The zero-order valence-corrected chi connectivity index (χ0v) is 9.64. The predicted molar refractivity (Wildman–Crippen MR) is 59.7 cm³/mol. The highest BCUT2D eigenvalue weighted by Gasteiger charge is 2.23. The normalized spacial score (nSPS) is 20.8. The molecule has 1 fully saturated rings. The molecule has 1 rings (SSSR count). The first-order chi connectivity index (χ1) is 6.19. The standard InChI is InChI=1S/C13H24/c1-5-12(6-2)10(3)9-11(4)13-7-8-13/h9-10,12-13H,5-8H2,1-4H3. The second-order valence-electron chi connectivity index (χ2n) is 4.62. The summed E-state index contributed by atoms with van der Waals surface area (Å²) in [5.41, 5.74) is 1.65. The summed E-state index contributed by atoms with van der Waals surface area (Å²) in [6, 6.07) is 0. The van der Waals surface area contributed by atoms with Gasteiger partial charge in [0.15, 0.2) is 0 Å². The average Bonchev–Trinajstić information content (AvgIpc) is 2.88. The molecule has 1 saturated carbocycles. The molecule has 0 radical (unpaired) electrons. The van der Waals surface area contributed by atoms with Crippen molar-refractivity contribution in [3.63, 3.8) is 0 Å². The van der Waals surface area contributed by atoms with Crippen molar-refractivity contribution in [3.8, 4) is 0 Å². The van der Waals surface area contributed by atoms with Crippen LogP contribution >= 0.6 is 0 Å². The SMILES string of the molecule is CCC(CC)C(C)C=C(C)C1CC1. The number of allylic oxidation sites excluding steroid dienone is 2. The quantitative estimate of drug-likeness (QED) is 0.550. The molecule has 76 valence electrons. The number of hydrogen-bond acceptors (Lipinski definition) is 0. The molecule has 0 spiro atoms. The van der Waals surface area contributed by atoms with Gasteiger partial charge in [-0.25, -0.2) is 0 Å². The lowest BCUT2D eigenvalue weighted by Crippen LogP contribution is -2.07. The summed E-state index contributed by atoms with van der Waals surface area (Å²) in [4.78, 5) is 0. The molecular formula is C13H24. The zero-order chi connectivity index (χ0) is 9.84. The molecule has 1 unspecified atom stereocenters. The summed E-state index contributed by atoms with van der Waals surface area (Å²) >= 11 is 0. The Bertz CT molecular complexity index is 170. The maximum Gasteiger partial charge on any atom is -0.0205 e. The minimum Gasteiger partial charge on any atom is -0.0822 e. The van der Waals surface area contributed by atoms with Crippen LogP contribution in [0.25, 0.3) is 0 Å². The van der Waals surface area contributed by atoms with Gasteiger partial charge in [0.2, 0.25) is 0 Å². The van der Waals surface area contributed by atoms with Crippen LogP contribution in [-0.4, -0.2) is 0 Å². The van der Waals surface area contributed by atoms with Crippen LogP contribution in [0.15, 0.2) is 11.6 Å². The third-order valence-corrected chi connectivity index (χ3v) is 3.54. The molecule has 0 aliphatic heterocycles. The number of hydrogen-bond donors (Lipinski definition) is 0. The molecule has 1 aliphatic carbocycles. The Morgan fingerprint density at radius 3 is 2.23 bits per heavy atom. The molecule has 1 aliphatic rings. The molecule has 0 aromatic carbocycles. The second kappa shape index (κ2) is 4.83. The van der Waals surface area contributed by atoms with Crippen molar-refractivity contribution in [1.82, 2.24) is 0 Å². The molecule has 1 atom stereocenters. The third kappa shape index (κ3) is 3.17. The summed E-state index contributed by atoms with van der Waals surface area (Å²) in [5.74, 6) is 2.64. The fourth-order valence-electron chi connectivity index (χ4n) is 2.26. The van der Waals surface area contributed by atoms with Crippen LogP contribution in [0.4, 0.5) is 0 Å². The van der Waals surface area contributed by atoms with Crippen molar-refractivity contribution in [1.29, 1.82) is 0 Å². The first-order valence-corrected chi connectivity index (χ1v) is 5.87.